The molecule has 0 amide bonds. The number of carboxylic acid groups (broad SMARTS) is 1. The normalized spacial score (nSPS) is 10.5. The number of hydrogen-bond acceptors (Lipinski definition) is 3. The summed E-state index contributed by atoms with van der Waals surface area (Å²) in [7, 11) is 3.31. The number of hydrogen-bond donors (Lipinski definition) is 1. The zero-order valence-electron chi connectivity index (χ0n) is 10.6. The molecule has 1 aromatic carbocycles. The number of benzene rings is 1. The fraction of sp³-hybridized carbons (Fsp3) is 0.231. The Morgan fingerprint density at radius 3 is 2.84 bits per heavy atom. The number of carboxylic acids is 1. The van der Waals surface area contributed by atoms with E-state index in [2.05, 4.69) is 21.0 Å². The average Bonchev–Trinajstić information content (AvgIpc) is 2.70. The predicted octanol–water partition coefficient (Wildman–Crippen LogP) is 2.49. The van der Waals surface area contributed by atoms with E-state index in [0.717, 1.165) is 15.6 Å². The fourth-order valence-electron chi connectivity index (χ4n) is 1.93. The highest BCUT2D eigenvalue weighted by atomic mass is 79.9. The van der Waals surface area contributed by atoms with Crippen molar-refractivity contribution >= 4 is 21.9 Å². The average molecular weight is 325 g/mol. The molecule has 0 saturated heterocycles. The smallest absolute Gasteiger partial charge is 0.309 e. The maximum atomic E-state index is 10.9. The van der Waals surface area contributed by atoms with Gasteiger partial charge in [-0.2, -0.15) is 5.10 Å². The molecule has 0 aliphatic heterocycles. The van der Waals surface area contributed by atoms with E-state index in [9.17, 15) is 4.79 Å². The molecular formula is C13H13BrN2O3. The monoisotopic (exact) mass is 324 g/mol. The Kier molecular flexibility index (Phi) is 3.90. The van der Waals surface area contributed by atoms with Crippen molar-refractivity contribution in [1.29, 1.82) is 0 Å². The summed E-state index contributed by atoms with van der Waals surface area (Å²) in [4.78, 5) is 10.9. The lowest BCUT2D eigenvalue weighted by Gasteiger charge is -2.09. The molecule has 2 aromatic rings. The van der Waals surface area contributed by atoms with Crippen LogP contribution in [0.4, 0.5) is 0 Å². The predicted molar refractivity (Wildman–Crippen MR) is 74.2 cm³/mol. The molecule has 6 heteroatoms. The molecule has 0 spiro atoms. The summed E-state index contributed by atoms with van der Waals surface area (Å²) in [6.07, 6.45) is 1.57. The van der Waals surface area contributed by atoms with Crippen molar-refractivity contribution < 1.29 is 14.6 Å². The third kappa shape index (κ3) is 2.78. The lowest BCUT2D eigenvalue weighted by molar-refractivity contribution is -0.136. The molecule has 0 atom stereocenters. The lowest BCUT2D eigenvalue weighted by Crippen LogP contribution is -2.07. The van der Waals surface area contributed by atoms with Gasteiger partial charge in [0, 0.05) is 22.6 Å². The summed E-state index contributed by atoms with van der Waals surface area (Å²) in [5.74, 6) is -0.207. The van der Waals surface area contributed by atoms with Crippen molar-refractivity contribution in [2.24, 2.45) is 7.05 Å². The van der Waals surface area contributed by atoms with Crippen LogP contribution in [-0.2, 0) is 18.3 Å². The molecule has 0 unspecified atom stereocenters. The fourth-order valence-corrected chi connectivity index (χ4v) is 2.29. The Hall–Kier alpha value is -1.82. The molecule has 2 rings (SSSR count). The number of methoxy groups -OCH3 is 1. The second-order valence-electron chi connectivity index (χ2n) is 4.04. The largest absolute Gasteiger partial charge is 0.496 e. The highest BCUT2D eigenvalue weighted by Gasteiger charge is 2.17. The standard InChI is InChI=1S/C13H13BrN2O3/c1-16-11(6-13(17)18)10(7-15-16)9-5-8(14)3-4-12(9)19-2/h3-5,7H,6H2,1-2H3,(H,17,18). The van der Waals surface area contributed by atoms with Gasteiger partial charge in [0.05, 0.1) is 25.4 Å². The van der Waals surface area contributed by atoms with Crippen molar-refractivity contribution in [2.45, 2.75) is 6.42 Å². The zero-order valence-corrected chi connectivity index (χ0v) is 12.1. The maximum Gasteiger partial charge on any atom is 0.309 e. The van der Waals surface area contributed by atoms with Gasteiger partial charge in [0.2, 0.25) is 0 Å². The van der Waals surface area contributed by atoms with Crippen LogP contribution in [0.25, 0.3) is 11.1 Å². The zero-order chi connectivity index (χ0) is 14.0. The van der Waals surface area contributed by atoms with Gasteiger partial charge in [-0.05, 0) is 18.2 Å². The Balaban J connectivity index is 2.58. The van der Waals surface area contributed by atoms with Crippen molar-refractivity contribution in [3.63, 3.8) is 0 Å². The van der Waals surface area contributed by atoms with E-state index in [4.69, 9.17) is 9.84 Å². The summed E-state index contributed by atoms with van der Waals surface area (Å²) < 4.78 is 7.79. The summed E-state index contributed by atoms with van der Waals surface area (Å²) in [6, 6.07) is 5.59. The molecule has 0 fully saturated rings. The quantitative estimate of drug-likeness (QED) is 0.938. The Morgan fingerprint density at radius 1 is 1.47 bits per heavy atom. The van der Waals surface area contributed by atoms with Gasteiger partial charge < -0.3 is 9.84 Å². The van der Waals surface area contributed by atoms with E-state index in [1.54, 1.807) is 25.0 Å². The highest BCUT2D eigenvalue weighted by Crippen LogP contribution is 2.34. The minimum absolute atomic E-state index is 0.0818. The number of carbonyl (C=O) groups is 1. The molecule has 0 radical (unpaired) electrons. The van der Waals surface area contributed by atoms with E-state index < -0.39 is 5.97 Å². The molecule has 1 aromatic heterocycles. The number of aryl methyl sites for hydroxylation is 1. The SMILES string of the molecule is COc1ccc(Br)cc1-c1cnn(C)c1CC(=O)O. The number of nitrogens with zero attached hydrogens (tertiary/aromatic N) is 2. The molecule has 19 heavy (non-hydrogen) atoms. The van der Waals surface area contributed by atoms with Crippen molar-refractivity contribution in [1.82, 2.24) is 9.78 Å². The first kappa shape index (κ1) is 13.6. The first-order chi connectivity index (χ1) is 9.02. The molecule has 0 aliphatic carbocycles. The van der Waals surface area contributed by atoms with Crippen molar-refractivity contribution in [3.8, 4) is 16.9 Å². The van der Waals surface area contributed by atoms with Crippen molar-refractivity contribution in [3.05, 3.63) is 34.6 Å². The van der Waals surface area contributed by atoms with E-state index in [0.29, 0.717) is 11.4 Å². The van der Waals surface area contributed by atoms with Gasteiger partial charge in [0.25, 0.3) is 0 Å². The number of halogens is 1. The van der Waals surface area contributed by atoms with Crippen LogP contribution in [-0.4, -0.2) is 28.0 Å². The van der Waals surface area contributed by atoms with E-state index >= 15 is 0 Å². The summed E-state index contributed by atoms with van der Waals surface area (Å²) in [5.41, 5.74) is 2.23. The van der Waals surface area contributed by atoms with E-state index in [-0.39, 0.29) is 6.42 Å². The number of ether oxygens (including phenoxy) is 1. The Bertz CT molecular complexity index is 622. The highest BCUT2D eigenvalue weighted by molar-refractivity contribution is 9.10. The van der Waals surface area contributed by atoms with Crippen LogP contribution in [0.5, 0.6) is 5.75 Å². The van der Waals surface area contributed by atoms with Gasteiger partial charge in [0.15, 0.2) is 0 Å². The molecule has 0 bridgehead atoms. The third-order valence-corrected chi connectivity index (χ3v) is 3.33. The molecule has 0 aliphatic rings. The summed E-state index contributed by atoms with van der Waals surface area (Å²) in [6.45, 7) is 0. The van der Waals surface area contributed by atoms with Crippen molar-refractivity contribution in [2.75, 3.05) is 7.11 Å². The molecule has 1 N–H and O–H groups in total. The van der Waals surface area contributed by atoms with Crippen LogP contribution in [0, 0.1) is 0 Å². The molecule has 1 heterocycles. The molecular weight excluding hydrogens is 312 g/mol. The van der Waals surface area contributed by atoms with Crippen LogP contribution < -0.4 is 4.74 Å². The molecule has 0 saturated carbocycles. The second kappa shape index (κ2) is 5.44. The minimum Gasteiger partial charge on any atom is -0.496 e. The molecule has 5 nitrogen and oxygen atoms in total. The van der Waals surface area contributed by atoms with Crippen LogP contribution in [0.3, 0.4) is 0 Å². The van der Waals surface area contributed by atoms with Crippen LogP contribution >= 0.6 is 15.9 Å². The second-order valence-corrected chi connectivity index (χ2v) is 4.96. The van der Waals surface area contributed by atoms with Gasteiger partial charge in [-0.1, -0.05) is 15.9 Å². The van der Waals surface area contributed by atoms with Gasteiger partial charge in [-0.25, -0.2) is 0 Å². The minimum atomic E-state index is -0.890. The Labute approximate surface area is 118 Å². The van der Waals surface area contributed by atoms with Gasteiger partial charge in [0.1, 0.15) is 5.75 Å². The lowest BCUT2D eigenvalue weighted by atomic mass is 10.0. The van der Waals surface area contributed by atoms with Gasteiger partial charge >= 0.3 is 5.97 Å². The maximum absolute atomic E-state index is 10.9. The van der Waals surface area contributed by atoms with Crippen LogP contribution in [0.2, 0.25) is 0 Å². The third-order valence-electron chi connectivity index (χ3n) is 2.83. The van der Waals surface area contributed by atoms with Crippen LogP contribution in [0.1, 0.15) is 5.69 Å². The topological polar surface area (TPSA) is 64.4 Å². The number of rotatable bonds is 4. The number of aromatic nitrogens is 2. The first-order valence-electron chi connectivity index (χ1n) is 5.59. The van der Waals surface area contributed by atoms with E-state index in [1.807, 2.05) is 18.2 Å². The van der Waals surface area contributed by atoms with Gasteiger partial charge in [-0.3, -0.25) is 9.48 Å². The molecule has 100 valence electrons. The first-order valence-corrected chi connectivity index (χ1v) is 6.38. The summed E-state index contributed by atoms with van der Waals surface area (Å²) >= 11 is 3.41. The van der Waals surface area contributed by atoms with Crippen LogP contribution in [0.15, 0.2) is 28.9 Å². The summed E-state index contributed by atoms with van der Waals surface area (Å²) in [5, 5.41) is 13.1. The number of aliphatic carboxylic acids is 1. The van der Waals surface area contributed by atoms with Gasteiger partial charge in [-0.15, -0.1) is 0 Å². The van der Waals surface area contributed by atoms with E-state index in [1.165, 1.54) is 0 Å². The Morgan fingerprint density at radius 2 is 2.21 bits per heavy atom.